The van der Waals surface area contributed by atoms with E-state index in [1.165, 1.54) is 0 Å². The van der Waals surface area contributed by atoms with Crippen LogP contribution in [0.2, 0.25) is 0 Å². The highest BCUT2D eigenvalue weighted by molar-refractivity contribution is 6.04. The highest BCUT2D eigenvalue weighted by atomic mass is 19.4. The van der Waals surface area contributed by atoms with Gasteiger partial charge in [-0.05, 0) is 36.4 Å². The van der Waals surface area contributed by atoms with E-state index in [2.05, 4.69) is 5.32 Å². The highest BCUT2D eigenvalue weighted by Crippen LogP contribution is 2.29. The van der Waals surface area contributed by atoms with Gasteiger partial charge in [0.05, 0.1) is 5.56 Å². The minimum Gasteiger partial charge on any atom is -0.322 e. The molecule has 2 aromatic rings. The Morgan fingerprint density at radius 3 is 1.90 bits per heavy atom. The minimum absolute atomic E-state index is 0.0623. The van der Waals surface area contributed by atoms with Gasteiger partial charge in [-0.25, -0.2) is 8.78 Å². The Kier molecular flexibility index (Phi) is 3.93. The van der Waals surface area contributed by atoms with Crippen LogP contribution < -0.4 is 5.32 Å². The van der Waals surface area contributed by atoms with E-state index in [1.807, 2.05) is 0 Å². The van der Waals surface area contributed by atoms with Crippen LogP contribution in [0.1, 0.15) is 15.9 Å². The van der Waals surface area contributed by atoms with E-state index in [0.717, 1.165) is 36.4 Å². The molecule has 7 heteroatoms. The van der Waals surface area contributed by atoms with Crippen molar-refractivity contribution in [3.63, 3.8) is 0 Å². The van der Waals surface area contributed by atoms with Gasteiger partial charge in [0.1, 0.15) is 11.6 Å². The number of halogens is 5. The number of hydrogen-bond donors (Lipinski definition) is 1. The molecule has 110 valence electrons. The van der Waals surface area contributed by atoms with Gasteiger partial charge in [-0.3, -0.25) is 4.79 Å². The highest BCUT2D eigenvalue weighted by Gasteiger charge is 2.30. The van der Waals surface area contributed by atoms with Gasteiger partial charge >= 0.3 is 6.18 Å². The molecule has 0 radical (unpaired) electrons. The van der Waals surface area contributed by atoms with Gasteiger partial charge in [-0.2, -0.15) is 13.2 Å². The van der Waals surface area contributed by atoms with Crippen LogP contribution in [0.25, 0.3) is 0 Å². The second-order valence-corrected chi connectivity index (χ2v) is 4.19. The fourth-order valence-electron chi connectivity index (χ4n) is 1.64. The predicted molar refractivity (Wildman–Crippen MR) is 65.8 cm³/mol. The number of rotatable bonds is 2. The molecule has 0 aliphatic rings. The molecule has 0 heterocycles. The van der Waals surface area contributed by atoms with Crippen molar-refractivity contribution in [2.45, 2.75) is 6.18 Å². The molecule has 21 heavy (non-hydrogen) atoms. The van der Waals surface area contributed by atoms with Gasteiger partial charge in [-0.15, -0.1) is 0 Å². The monoisotopic (exact) mass is 301 g/mol. The number of carbonyl (C=O) groups is 1. The average molecular weight is 301 g/mol. The van der Waals surface area contributed by atoms with Crippen LogP contribution in [0.5, 0.6) is 0 Å². The Bertz CT molecular complexity index is 644. The molecular weight excluding hydrogens is 293 g/mol. The van der Waals surface area contributed by atoms with E-state index < -0.39 is 29.3 Å². The van der Waals surface area contributed by atoms with Gasteiger partial charge in [0.15, 0.2) is 0 Å². The average Bonchev–Trinajstić information content (AvgIpc) is 2.36. The van der Waals surface area contributed by atoms with Crippen LogP contribution in [0, 0.1) is 11.6 Å². The van der Waals surface area contributed by atoms with Crippen LogP contribution in [-0.4, -0.2) is 5.91 Å². The number of amides is 1. The smallest absolute Gasteiger partial charge is 0.322 e. The van der Waals surface area contributed by atoms with Crippen LogP contribution in [0.4, 0.5) is 27.6 Å². The summed E-state index contributed by atoms with van der Waals surface area (Å²) in [5.41, 5.74) is -1.08. The molecule has 0 aliphatic heterocycles. The zero-order valence-electron chi connectivity index (χ0n) is 10.3. The zero-order valence-corrected chi connectivity index (χ0v) is 10.3. The first-order valence-corrected chi connectivity index (χ1v) is 5.70. The second-order valence-electron chi connectivity index (χ2n) is 4.19. The number of nitrogens with one attached hydrogen (secondary N) is 1. The Morgan fingerprint density at radius 2 is 1.43 bits per heavy atom. The number of alkyl halides is 3. The molecule has 2 aromatic carbocycles. The summed E-state index contributed by atoms with van der Waals surface area (Å²) in [6, 6.07) is 5.88. The van der Waals surface area contributed by atoms with Crippen molar-refractivity contribution in [1.82, 2.24) is 0 Å². The third kappa shape index (κ3) is 3.77. The molecule has 0 atom stereocenters. The van der Waals surface area contributed by atoms with Gasteiger partial charge in [-0.1, -0.05) is 0 Å². The normalized spacial score (nSPS) is 11.3. The van der Waals surface area contributed by atoms with E-state index in [-0.39, 0.29) is 11.3 Å². The fraction of sp³-hybridized carbons (Fsp3) is 0.0714. The van der Waals surface area contributed by atoms with Crippen molar-refractivity contribution in [2.24, 2.45) is 0 Å². The molecule has 1 N–H and O–H groups in total. The van der Waals surface area contributed by atoms with E-state index in [0.29, 0.717) is 6.07 Å². The van der Waals surface area contributed by atoms with Crippen LogP contribution in [0.3, 0.4) is 0 Å². The predicted octanol–water partition coefficient (Wildman–Crippen LogP) is 4.24. The molecular formula is C14H8F5NO. The Balaban J connectivity index is 2.17. The standard InChI is InChI=1S/C14H8F5NO/c15-10-5-11(16)7-12(6-10)20-13(21)8-1-3-9(4-2-8)14(17,18)19/h1-7H,(H,20,21). The molecule has 0 saturated heterocycles. The quantitative estimate of drug-likeness (QED) is 0.826. The molecule has 0 spiro atoms. The summed E-state index contributed by atoms with van der Waals surface area (Å²) in [4.78, 5) is 11.8. The largest absolute Gasteiger partial charge is 0.416 e. The molecule has 0 aliphatic carbocycles. The summed E-state index contributed by atoms with van der Waals surface area (Å²) in [6.45, 7) is 0. The molecule has 0 aromatic heterocycles. The Morgan fingerprint density at radius 1 is 0.905 bits per heavy atom. The van der Waals surface area contributed by atoms with E-state index >= 15 is 0 Å². The van der Waals surface area contributed by atoms with Crippen molar-refractivity contribution in [2.75, 3.05) is 5.32 Å². The molecule has 0 fully saturated rings. The molecule has 0 saturated carbocycles. The third-order valence-corrected chi connectivity index (χ3v) is 2.59. The molecule has 2 nitrogen and oxygen atoms in total. The van der Waals surface area contributed by atoms with E-state index in [1.54, 1.807) is 0 Å². The second kappa shape index (κ2) is 5.51. The number of hydrogen-bond acceptors (Lipinski definition) is 1. The minimum atomic E-state index is -4.50. The summed E-state index contributed by atoms with van der Waals surface area (Å²) in [6.07, 6.45) is -4.50. The summed E-state index contributed by atoms with van der Waals surface area (Å²) >= 11 is 0. The summed E-state index contributed by atoms with van der Waals surface area (Å²) < 4.78 is 63.0. The van der Waals surface area contributed by atoms with Gasteiger partial charge in [0.25, 0.3) is 5.91 Å². The van der Waals surface area contributed by atoms with Crippen LogP contribution >= 0.6 is 0 Å². The van der Waals surface area contributed by atoms with Crippen LogP contribution in [0.15, 0.2) is 42.5 Å². The van der Waals surface area contributed by atoms with Crippen LogP contribution in [-0.2, 0) is 6.18 Å². The van der Waals surface area contributed by atoms with Gasteiger partial charge in [0, 0.05) is 17.3 Å². The lowest BCUT2D eigenvalue weighted by Gasteiger charge is -2.08. The zero-order chi connectivity index (χ0) is 15.6. The fourth-order valence-corrected chi connectivity index (χ4v) is 1.64. The van der Waals surface area contributed by atoms with Crippen molar-refractivity contribution >= 4 is 11.6 Å². The first-order valence-electron chi connectivity index (χ1n) is 5.70. The maximum atomic E-state index is 12.9. The number of benzene rings is 2. The third-order valence-electron chi connectivity index (χ3n) is 2.59. The summed E-state index contributed by atoms with van der Waals surface area (Å²) in [7, 11) is 0. The molecule has 0 bridgehead atoms. The Hall–Kier alpha value is -2.44. The topological polar surface area (TPSA) is 29.1 Å². The van der Waals surface area contributed by atoms with Crippen molar-refractivity contribution in [1.29, 1.82) is 0 Å². The molecule has 1 amide bonds. The summed E-state index contributed by atoms with van der Waals surface area (Å²) in [5.74, 6) is -2.52. The number of anilines is 1. The van der Waals surface area contributed by atoms with Gasteiger partial charge < -0.3 is 5.32 Å². The Labute approximate surface area is 116 Å². The number of carbonyl (C=O) groups excluding carboxylic acids is 1. The maximum Gasteiger partial charge on any atom is 0.416 e. The van der Waals surface area contributed by atoms with E-state index in [4.69, 9.17) is 0 Å². The van der Waals surface area contributed by atoms with E-state index in [9.17, 15) is 26.7 Å². The first-order chi connectivity index (χ1) is 9.75. The lowest BCUT2D eigenvalue weighted by molar-refractivity contribution is -0.137. The maximum absolute atomic E-state index is 12.9. The first kappa shape index (κ1) is 15.0. The van der Waals surface area contributed by atoms with Crippen molar-refractivity contribution < 1.29 is 26.7 Å². The molecule has 0 unspecified atom stereocenters. The van der Waals surface area contributed by atoms with Gasteiger partial charge in [0.2, 0.25) is 0 Å². The summed E-state index contributed by atoms with van der Waals surface area (Å²) in [5, 5.41) is 2.20. The van der Waals surface area contributed by atoms with Crippen molar-refractivity contribution in [3.8, 4) is 0 Å². The van der Waals surface area contributed by atoms with Crippen molar-refractivity contribution in [3.05, 3.63) is 65.2 Å². The SMILES string of the molecule is O=C(Nc1cc(F)cc(F)c1)c1ccc(C(F)(F)F)cc1. The lowest BCUT2D eigenvalue weighted by Crippen LogP contribution is -2.13. The molecule has 2 rings (SSSR count). The lowest BCUT2D eigenvalue weighted by atomic mass is 10.1.